The first-order chi connectivity index (χ1) is 10.6. The highest BCUT2D eigenvalue weighted by atomic mass is 32.1. The van der Waals surface area contributed by atoms with E-state index in [1.807, 2.05) is 29.6 Å². The Bertz CT molecular complexity index is 582. The van der Waals surface area contributed by atoms with Crippen molar-refractivity contribution >= 4 is 23.1 Å². The van der Waals surface area contributed by atoms with Gasteiger partial charge in [0.25, 0.3) is 0 Å². The summed E-state index contributed by atoms with van der Waals surface area (Å²) in [6, 6.07) is 6.99. The fourth-order valence-electron chi connectivity index (χ4n) is 2.16. The van der Waals surface area contributed by atoms with Gasteiger partial charge in [0.1, 0.15) is 5.01 Å². The van der Waals surface area contributed by atoms with E-state index in [4.69, 9.17) is 0 Å². The summed E-state index contributed by atoms with van der Waals surface area (Å²) >= 11 is 1.57. The molecule has 1 aromatic carbocycles. The van der Waals surface area contributed by atoms with Crippen LogP contribution in [0.25, 0.3) is 10.6 Å². The molecule has 0 spiro atoms. The molecule has 0 saturated carbocycles. The molecule has 0 bridgehead atoms. The van der Waals surface area contributed by atoms with Gasteiger partial charge >= 0.3 is 6.03 Å². The first-order valence-corrected chi connectivity index (χ1v) is 8.14. The molecule has 1 unspecified atom stereocenters. The maximum atomic E-state index is 11.9. The molecular formula is C16H21N3O2S. The first kappa shape index (κ1) is 16.5. The zero-order valence-electron chi connectivity index (χ0n) is 12.7. The van der Waals surface area contributed by atoms with Gasteiger partial charge in [0.15, 0.2) is 0 Å². The highest BCUT2D eigenvalue weighted by Crippen LogP contribution is 2.23. The topological polar surface area (TPSA) is 74.2 Å². The third-order valence-corrected chi connectivity index (χ3v) is 3.96. The number of hydrogen-bond donors (Lipinski definition) is 3. The summed E-state index contributed by atoms with van der Waals surface area (Å²) in [5, 5.41) is 17.7. The van der Waals surface area contributed by atoms with Crippen molar-refractivity contribution in [3.05, 3.63) is 35.8 Å². The molecule has 22 heavy (non-hydrogen) atoms. The average Bonchev–Trinajstić information content (AvgIpc) is 3.01. The van der Waals surface area contributed by atoms with Crippen LogP contribution in [0.5, 0.6) is 0 Å². The van der Waals surface area contributed by atoms with Gasteiger partial charge in [-0.2, -0.15) is 0 Å². The molecule has 0 radical (unpaired) electrons. The minimum absolute atomic E-state index is 0.0609. The number of nitrogens with zero attached hydrogens (tertiary/aromatic N) is 1. The third kappa shape index (κ3) is 4.82. The van der Waals surface area contributed by atoms with Crippen LogP contribution in [0.1, 0.15) is 20.3 Å². The van der Waals surface area contributed by atoms with Gasteiger partial charge in [0.05, 0.1) is 12.6 Å². The van der Waals surface area contributed by atoms with E-state index in [1.54, 1.807) is 17.5 Å². The number of urea groups is 1. The van der Waals surface area contributed by atoms with Crippen LogP contribution < -0.4 is 10.6 Å². The average molecular weight is 319 g/mol. The van der Waals surface area contributed by atoms with Crippen LogP contribution in [0.4, 0.5) is 10.5 Å². The van der Waals surface area contributed by atoms with Gasteiger partial charge in [-0.3, -0.25) is 0 Å². The lowest BCUT2D eigenvalue weighted by Gasteiger charge is -2.18. The fourth-order valence-corrected chi connectivity index (χ4v) is 2.81. The van der Waals surface area contributed by atoms with E-state index in [-0.39, 0.29) is 18.7 Å². The lowest BCUT2D eigenvalue weighted by molar-refractivity contribution is 0.214. The van der Waals surface area contributed by atoms with Crippen LogP contribution in [-0.4, -0.2) is 28.8 Å². The summed E-state index contributed by atoms with van der Waals surface area (Å²) in [7, 11) is 0. The summed E-state index contributed by atoms with van der Waals surface area (Å²) < 4.78 is 0. The number of carbonyl (C=O) groups excluding carboxylic acids is 1. The number of hydrogen-bond acceptors (Lipinski definition) is 4. The van der Waals surface area contributed by atoms with Crippen LogP contribution >= 0.6 is 11.3 Å². The number of carbonyl (C=O) groups is 1. The number of aromatic nitrogens is 1. The Morgan fingerprint density at radius 3 is 2.59 bits per heavy atom. The normalized spacial score (nSPS) is 12.2. The minimum Gasteiger partial charge on any atom is -0.394 e. The maximum Gasteiger partial charge on any atom is 0.319 e. The third-order valence-electron chi connectivity index (χ3n) is 3.13. The summed E-state index contributed by atoms with van der Waals surface area (Å²) in [5.41, 5.74) is 1.73. The van der Waals surface area contributed by atoms with E-state index < -0.39 is 0 Å². The van der Waals surface area contributed by atoms with Crippen molar-refractivity contribution in [3.63, 3.8) is 0 Å². The summed E-state index contributed by atoms with van der Waals surface area (Å²) in [5.74, 6) is 0.412. The number of thiazole rings is 1. The Morgan fingerprint density at radius 2 is 2.05 bits per heavy atom. The lowest BCUT2D eigenvalue weighted by Crippen LogP contribution is -2.40. The van der Waals surface area contributed by atoms with Crippen molar-refractivity contribution in [1.82, 2.24) is 10.3 Å². The van der Waals surface area contributed by atoms with E-state index >= 15 is 0 Å². The Labute approximate surface area is 134 Å². The Kier molecular flexibility index (Phi) is 5.91. The Morgan fingerprint density at radius 1 is 1.32 bits per heavy atom. The molecule has 0 aliphatic carbocycles. The highest BCUT2D eigenvalue weighted by Gasteiger charge is 2.13. The predicted molar refractivity (Wildman–Crippen MR) is 90.0 cm³/mol. The molecule has 0 saturated heterocycles. The van der Waals surface area contributed by atoms with Crippen molar-refractivity contribution < 1.29 is 9.90 Å². The van der Waals surface area contributed by atoms with Gasteiger partial charge in [0, 0.05) is 22.8 Å². The molecule has 118 valence electrons. The second kappa shape index (κ2) is 7.91. The highest BCUT2D eigenvalue weighted by molar-refractivity contribution is 7.13. The molecule has 2 amide bonds. The van der Waals surface area contributed by atoms with Crippen molar-refractivity contribution in [2.75, 3.05) is 11.9 Å². The van der Waals surface area contributed by atoms with Gasteiger partial charge in [-0.15, -0.1) is 11.3 Å². The van der Waals surface area contributed by atoms with Crippen LogP contribution in [0, 0.1) is 5.92 Å². The molecule has 2 rings (SSSR count). The molecule has 1 aromatic heterocycles. The fraction of sp³-hybridized carbons (Fsp3) is 0.375. The molecule has 1 heterocycles. The van der Waals surface area contributed by atoms with Crippen molar-refractivity contribution in [1.29, 1.82) is 0 Å². The van der Waals surface area contributed by atoms with E-state index in [0.717, 1.165) is 17.0 Å². The zero-order valence-corrected chi connectivity index (χ0v) is 13.6. The number of nitrogens with one attached hydrogen (secondary N) is 2. The van der Waals surface area contributed by atoms with Crippen molar-refractivity contribution in [2.24, 2.45) is 5.92 Å². The van der Waals surface area contributed by atoms with Crippen LogP contribution in [0.2, 0.25) is 0 Å². The molecule has 6 heteroatoms. The predicted octanol–water partition coefficient (Wildman–Crippen LogP) is 3.34. The Balaban J connectivity index is 1.91. The number of aliphatic hydroxyl groups is 1. The van der Waals surface area contributed by atoms with Gasteiger partial charge in [0.2, 0.25) is 0 Å². The molecule has 0 fully saturated rings. The van der Waals surface area contributed by atoms with Crippen molar-refractivity contribution in [3.8, 4) is 10.6 Å². The molecular weight excluding hydrogens is 298 g/mol. The van der Waals surface area contributed by atoms with E-state index in [0.29, 0.717) is 11.6 Å². The van der Waals surface area contributed by atoms with Gasteiger partial charge in [-0.05, 0) is 36.6 Å². The Hall–Kier alpha value is -1.92. The van der Waals surface area contributed by atoms with Crippen molar-refractivity contribution in [2.45, 2.75) is 26.3 Å². The van der Waals surface area contributed by atoms with E-state index in [2.05, 4.69) is 29.5 Å². The smallest absolute Gasteiger partial charge is 0.319 e. The molecule has 0 aliphatic rings. The number of anilines is 1. The zero-order chi connectivity index (χ0) is 15.9. The van der Waals surface area contributed by atoms with E-state index in [1.165, 1.54) is 0 Å². The minimum atomic E-state index is -0.304. The largest absolute Gasteiger partial charge is 0.394 e. The number of benzene rings is 1. The van der Waals surface area contributed by atoms with Crippen LogP contribution in [0.3, 0.4) is 0 Å². The first-order valence-electron chi connectivity index (χ1n) is 7.26. The molecule has 3 N–H and O–H groups in total. The second-order valence-electron chi connectivity index (χ2n) is 5.52. The summed E-state index contributed by atoms with van der Waals surface area (Å²) in [6.45, 7) is 4.05. The monoisotopic (exact) mass is 319 g/mol. The summed E-state index contributed by atoms with van der Waals surface area (Å²) in [4.78, 5) is 16.2. The summed E-state index contributed by atoms with van der Waals surface area (Å²) in [6.07, 6.45) is 2.51. The van der Waals surface area contributed by atoms with E-state index in [9.17, 15) is 9.90 Å². The molecule has 5 nitrogen and oxygen atoms in total. The molecule has 1 atom stereocenters. The second-order valence-corrected chi connectivity index (χ2v) is 6.42. The SMILES string of the molecule is CC(C)CC(CO)NC(=O)Nc1ccc(-c2nccs2)cc1. The van der Waals surface area contributed by atoms with Crippen LogP contribution in [-0.2, 0) is 0 Å². The van der Waals surface area contributed by atoms with Crippen LogP contribution in [0.15, 0.2) is 35.8 Å². The molecule has 2 aromatic rings. The van der Waals surface area contributed by atoms with Gasteiger partial charge in [-0.1, -0.05) is 13.8 Å². The lowest BCUT2D eigenvalue weighted by atomic mass is 10.0. The number of amides is 2. The number of aliphatic hydroxyl groups excluding tert-OH is 1. The maximum absolute atomic E-state index is 11.9. The number of rotatable bonds is 6. The quantitative estimate of drug-likeness (QED) is 0.764. The van der Waals surface area contributed by atoms with Gasteiger partial charge in [-0.25, -0.2) is 9.78 Å². The molecule has 0 aliphatic heterocycles. The standard InChI is InChI=1S/C16H21N3O2S/c1-11(2)9-14(10-20)19-16(21)18-13-5-3-12(4-6-13)15-17-7-8-22-15/h3-8,11,14,20H,9-10H2,1-2H3,(H2,18,19,21). The van der Waals surface area contributed by atoms with Gasteiger partial charge < -0.3 is 15.7 Å².